The van der Waals surface area contributed by atoms with E-state index in [1.807, 2.05) is 0 Å². The largest absolute Gasteiger partial charge is 0.363 e. The lowest BCUT2D eigenvalue weighted by Crippen LogP contribution is -2.28. The zero-order valence-electron chi connectivity index (χ0n) is 7.77. The molecule has 0 saturated carbocycles. The van der Waals surface area contributed by atoms with Gasteiger partial charge in [-0.3, -0.25) is 0 Å². The van der Waals surface area contributed by atoms with Gasteiger partial charge in [-0.2, -0.15) is 0 Å². The topological polar surface area (TPSA) is 24.1 Å². The van der Waals surface area contributed by atoms with E-state index in [9.17, 15) is 0 Å². The molecule has 0 radical (unpaired) electrons. The van der Waals surface area contributed by atoms with Crippen LogP contribution >= 0.6 is 0 Å². The molecule has 0 atom stereocenters. The van der Waals surface area contributed by atoms with E-state index >= 15 is 0 Å². The van der Waals surface area contributed by atoms with Crippen molar-refractivity contribution < 1.29 is 0 Å². The van der Waals surface area contributed by atoms with Crippen molar-refractivity contribution in [3.8, 4) is 0 Å². The van der Waals surface area contributed by atoms with Gasteiger partial charge in [-0.05, 0) is 12.1 Å². The van der Waals surface area contributed by atoms with Gasteiger partial charge in [0.05, 0.1) is 11.4 Å². The molecule has 0 spiro atoms. The highest BCUT2D eigenvalue weighted by molar-refractivity contribution is 5.74. The summed E-state index contributed by atoms with van der Waals surface area (Å²) in [5, 5.41) is 6.93. The highest BCUT2D eigenvalue weighted by Crippen LogP contribution is 2.31. The van der Waals surface area contributed by atoms with Gasteiger partial charge in [0.2, 0.25) is 0 Å². The van der Waals surface area contributed by atoms with Crippen molar-refractivity contribution in [2.45, 2.75) is 6.17 Å². The summed E-state index contributed by atoms with van der Waals surface area (Å²) in [4.78, 5) is 0. The average molecular weight is 184 g/mol. The van der Waals surface area contributed by atoms with Gasteiger partial charge in [0.15, 0.2) is 0 Å². The molecule has 2 nitrogen and oxygen atoms in total. The minimum atomic E-state index is 0.308. The number of fused-ring (bicyclic) bond motifs is 1. The predicted octanol–water partition coefficient (Wildman–Crippen LogP) is 2.59. The van der Waals surface area contributed by atoms with Crippen LogP contribution in [-0.2, 0) is 0 Å². The molecule has 2 aliphatic rings. The summed E-state index contributed by atoms with van der Waals surface area (Å²) in [6.07, 6.45) is 8.91. The van der Waals surface area contributed by atoms with Crippen LogP contribution in [0.15, 0.2) is 48.6 Å². The van der Waals surface area contributed by atoms with Crippen LogP contribution in [0.1, 0.15) is 0 Å². The molecule has 70 valence electrons. The van der Waals surface area contributed by atoms with Crippen LogP contribution in [0.25, 0.3) is 0 Å². The standard InChI is InChI=1S/C12H12N2/c1-2-6-9(5-1)12-13-10-7-3-4-8-11(10)14-12/h1-9,12-14H. The van der Waals surface area contributed by atoms with Crippen LogP contribution in [-0.4, -0.2) is 6.17 Å². The fourth-order valence-electron chi connectivity index (χ4n) is 1.97. The Morgan fingerprint density at radius 1 is 0.857 bits per heavy atom. The zero-order chi connectivity index (χ0) is 9.38. The van der Waals surface area contributed by atoms with Crippen LogP contribution in [0.5, 0.6) is 0 Å². The minimum absolute atomic E-state index is 0.308. The summed E-state index contributed by atoms with van der Waals surface area (Å²) in [6, 6.07) is 8.31. The summed E-state index contributed by atoms with van der Waals surface area (Å²) in [6.45, 7) is 0. The predicted molar refractivity (Wildman–Crippen MR) is 59.2 cm³/mol. The second-order valence-electron chi connectivity index (χ2n) is 3.66. The van der Waals surface area contributed by atoms with Crippen molar-refractivity contribution in [1.29, 1.82) is 0 Å². The molecule has 3 rings (SSSR count). The lowest BCUT2D eigenvalue weighted by molar-refractivity contribution is 0.715. The molecule has 1 aromatic carbocycles. The third-order valence-corrected chi connectivity index (χ3v) is 2.71. The lowest BCUT2D eigenvalue weighted by atomic mass is 10.1. The summed E-state index contributed by atoms with van der Waals surface area (Å²) in [5.41, 5.74) is 2.40. The van der Waals surface area contributed by atoms with Crippen molar-refractivity contribution in [3.63, 3.8) is 0 Å². The van der Waals surface area contributed by atoms with Crippen molar-refractivity contribution in [2.24, 2.45) is 5.92 Å². The zero-order valence-corrected chi connectivity index (χ0v) is 7.77. The minimum Gasteiger partial charge on any atom is -0.363 e. The number of nitrogens with one attached hydrogen (secondary N) is 2. The number of allylic oxidation sites excluding steroid dienone is 2. The normalized spacial score (nSPS) is 19.4. The van der Waals surface area contributed by atoms with E-state index < -0.39 is 0 Å². The maximum Gasteiger partial charge on any atom is 0.106 e. The van der Waals surface area contributed by atoms with E-state index in [0.29, 0.717) is 12.1 Å². The molecule has 2 heteroatoms. The fourth-order valence-corrected chi connectivity index (χ4v) is 1.97. The molecule has 1 aliphatic heterocycles. The van der Waals surface area contributed by atoms with Gasteiger partial charge >= 0.3 is 0 Å². The third-order valence-electron chi connectivity index (χ3n) is 2.71. The maximum atomic E-state index is 3.46. The van der Waals surface area contributed by atoms with E-state index in [4.69, 9.17) is 0 Å². The number of para-hydroxylation sites is 2. The fraction of sp³-hybridized carbons (Fsp3) is 0.167. The van der Waals surface area contributed by atoms with Gasteiger partial charge in [0.1, 0.15) is 6.17 Å². The monoisotopic (exact) mass is 184 g/mol. The van der Waals surface area contributed by atoms with Gasteiger partial charge in [-0.15, -0.1) is 0 Å². The molecular weight excluding hydrogens is 172 g/mol. The van der Waals surface area contributed by atoms with Crippen molar-refractivity contribution in [2.75, 3.05) is 10.6 Å². The molecule has 2 N–H and O–H groups in total. The molecule has 0 fully saturated rings. The van der Waals surface area contributed by atoms with E-state index in [0.717, 1.165) is 0 Å². The van der Waals surface area contributed by atoms with Gasteiger partial charge in [-0.1, -0.05) is 36.4 Å². The van der Waals surface area contributed by atoms with Crippen molar-refractivity contribution >= 4 is 11.4 Å². The van der Waals surface area contributed by atoms with E-state index in [1.165, 1.54) is 11.4 Å². The Bertz CT molecular complexity index is 370. The van der Waals surface area contributed by atoms with Gasteiger partial charge in [0.25, 0.3) is 0 Å². The molecule has 0 amide bonds. The molecule has 14 heavy (non-hydrogen) atoms. The molecule has 1 aromatic rings. The van der Waals surface area contributed by atoms with Crippen molar-refractivity contribution in [3.05, 3.63) is 48.6 Å². The van der Waals surface area contributed by atoms with Gasteiger partial charge in [-0.25, -0.2) is 0 Å². The Kier molecular flexibility index (Phi) is 1.60. The van der Waals surface area contributed by atoms with Crippen LogP contribution in [0, 0.1) is 5.92 Å². The first-order valence-corrected chi connectivity index (χ1v) is 4.90. The number of hydrogen-bond acceptors (Lipinski definition) is 2. The highest BCUT2D eigenvalue weighted by atomic mass is 15.2. The Morgan fingerprint density at radius 2 is 1.43 bits per heavy atom. The molecule has 1 aliphatic carbocycles. The summed E-state index contributed by atoms with van der Waals surface area (Å²) >= 11 is 0. The quantitative estimate of drug-likeness (QED) is 0.701. The molecule has 0 unspecified atom stereocenters. The SMILES string of the molecule is C1=CC(C2Nc3ccccc3N2)C=C1. The maximum absolute atomic E-state index is 3.46. The second-order valence-corrected chi connectivity index (χ2v) is 3.66. The lowest BCUT2D eigenvalue weighted by Gasteiger charge is -2.16. The summed E-state index contributed by atoms with van der Waals surface area (Å²) in [5.74, 6) is 0.461. The van der Waals surface area contributed by atoms with Crippen LogP contribution in [0.4, 0.5) is 11.4 Å². The Morgan fingerprint density at radius 3 is 2.00 bits per heavy atom. The van der Waals surface area contributed by atoms with Gasteiger partial charge in [0, 0.05) is 5.92 Å². The molecule has 0 aromatic heterocycles. The van der Waals surface area contributed by atoms with Crippen LogP contribution in [0.3, 0.4) is 0 Å². The van der Waals surface area contributed by atoms with E-state index in [2.05, 4.69) is 59.2 Å². The highest BCUT2D eigenvalue weighted by Gasteiger charge is 2.24. The van der Waals surface area contributed by atoms with E-state index in [1.54, 1.807) is 0 Å². The second kappa shape index (κ2) is 2.91. The average Bonchev–Trinajstić information content (AvgIpc) is 2.86. The first kappa shape index (κ1) is 7.68. The van der Waals surface area contributed by atoms with E-state index in [-0.39, 0.29) is 0 Å². The molecule has 1 heterocycles. The molecule has 0 bridgehead atoms. The third kappa shape index (κ3) is 1.11. The molecular formula is C12H12N2. The number of hydrogen-bond donors (Lipinski definition) is 2. The molecule has 0 saturated heterocycles. The Balaban J connectivity index is 1.84. The first-order chi connectivity index (χ1) is 6.93. The summed E-state index contributed by atoms with van der Waals surface area (Å²) < 4.78 is 0. The van der Waals surface area contributed by atoms with Crippen LogP contribution < -0.4 is 10.6 Å². The van der Waals surface area contributed by atoms with Crippen molar-refractivity contribution in [1.82, 2.24) is 0 Å². The Labute approximate surface area is 83.3 Å². The summed E-state index contributed by atoms with van der Waals surface area (Å²) in [7, 11) is 0. The number of anilines is 2. The number of benzene rings is 1. The number of rotatable bonds is 1. The van der Waals surface area contributed by atoms with Crippen LogP contribution in [0.2, 0.25) is 0 Å². The van der Waals surface area contributed by atoms with Gasteiger partial charge < -0.3 is 10.6 Å². The Hall–Kier alpha value is -1.70. The first-order valence-electron chi connectivity index (χ1n) is 4.90. The smallest absolute Gasteiger partial charge is 0.106 e.